The summed E-state index contributed by atoms with van der Waals surface area (Å²) in [6.45, 7) is 5.78. The van der Waals surface area contributed by atoms with E-state index in [4.69, 9.17) is 14.7 Å². The fourth-order valence-electron chi connectivity index (χ4n) is 2.51. The van der Waals surface area contributed by atoms with Gasteiger partial charge in [-0.15, -0.1) is 0 Å². The van der Waals surface area contributed by atoms with Gasteiger partial charge in [-0.25, -0.2) is 9.97 Å². The van der Waals surface area contributed by atoms with Crippen LogP contribution < -0.4 is 5.32 Å². The third-order valence-corrected chi connectivity index (χ3v) is 4.56. The summed E-state index contributed by atoms with van der Waals surface area (Å²) in [7, 11) is 0. The molecule has 1 unspecified atom stereocenters. The zero-order valence-electron chi connectivity index (χ0n) is 11.6. The predicted molar refractivity (Wildman–Crippen MR) is 78.3 cm³/mol. The van der Waals surface area contributed by atoms with Crippen molar-refractivity contribution in [3.63, 3.8) is 0 Å². The smallest absolute Gasteiger partial charge is 0.160 e. The molecular weight excluding hydrogens is 258 g/mol. The van der Waals surface area contributed by atoms with E-state index in [1.165, 1.54) is 24.1 Å². The topological polar surface area (TPSA) is 47.0 Å². The van der Waals surface area contributed by atoms with Gasteiger partial charge in [0.2, 0.25) is 0 Å². The summed E-state index contributed by atoms with van der Waals surface area (Å²) in [4.78, 5) is 9.53. The molecule has 1 atom stereocenters. The number of anilines is 1. The van der Waals surface area contributed by atoms with E-state index in [1.807, 2.05) is 18.7 Å². The van der Waals surface area contributed by atoms with E-state index in [2.05, 4.69) is 12.2 Å². The first-order valence-electron chi connectivity index (χ1n) is 7.16. The van der Waals surface area contributed by atoms with Gasteiger partial charge in [-0.3, -0.25) is 0 Å². The van der Waals surface area contributed by atoms with Gasteiger partial charge < -0.3 is 10.1 Å². The minimum absolute atomic E-state index is 0.0957. The van der Waals surface area contributed by atoms with Crippen LogP contribution in [0.3, 0.4) is 0 Å². The van der Waals surface area contributed by atoms with Crippen molar-refractivity contribution in [2.24, 2.45) is 5.92 Å². The highest BCUT2D eigenvalue weighted by molar-refractivity contribution is 7.98. The number of nitrogens with zero attached hydrogens (tertiary/aromatic N) is 2. The van der Waals surface area contributed by atoms with Crippen molar-refractivity contribution in [1.29, 1.82) is 0 Å². The summed E-state index contributed by atoms with van der Waals surface area (Å²) in [5.41, 5.74) is 2.50. The summed E-state index contributed by atoms with van der Waals surface area (Å²) < 4.78 is 5.89. The Morgan fingerprint density at radius 1 is 1.32 bits per heavy atom. The number of hydrogen-bond donors (Lipinski definition) is 1. The molecule has 0 amide bonds. The van der Waals surface area contributed by atoms with Crippen LogP contribution in [-0.2, 0) is 16.2 Å². The Hall–Kier alpha value is -0.810. The molecule has 0 saturated heterocycles. The van der Waals surface area contributed by atoms with E-state index >= 15 is 0 Å². The van der Waals surface area contributed by atoms with Crippen LogP contribution in [0.4, 0.5) is 5.82 Å². The van der Waals surface area contributed by atoms with E-state index in [0.717, 1.165) is 36.3 Å². The second-order valence-electron chi connectivity index (χ2n) is 5.09. The van der Waals surface area contributed by atoms with Crippen LogP contribution in [0.25, 0.3) is 0 Å². The van der Waals surface area contributed by atoms with Crippen LogP contribution >= 0.6 is 11.8 Å². The van der Waals surface area contributed by atoms with Gasteiger partial charge in [0.1, 0.15) is 11.9 Å². The van der Waals surface area contributed by atoms with Gasteiger partial charge in [0.25, 0.3) is 0 Å². The highest BCUT2D eigenvalue weighted by Crippen LogP contribution is 2.43. The molecule has 0 radical (unpaired) electrons. The third kappa shape index (κ3) is 2.72. The van der Waals surface area contributed by atoms with Crippen molar-refractivity contribution >= 4 is 17.6 Å². The van der Waals surface area contributed by atoms with Crippen LogP contribution in [-0.4, -0.2) is 23.1 Å². The van der Waals surface area contributed by atoms with E-state index in [0.29, 0.717) is 5.92 Å². The monoisotopic (exact) mass is 279 g/mol. The van der Waals surface area contributed by atoms with Crippen LogP contribution in [0.2, 0.25) is 0 Å². The van der Waals surface area contributed by atoms with Crippen molar-refractivity contribution in [3.05, 3.63) is 17.1 Å². The summed E-state index contributed by atoms with van der Waals surface area (Å²) in [5.74, 6) is 4.58. The van der Waals surface area contributed by atoms with E-state index in [9.17, 15) is 0 Å². The number of ether oxygens (including phenoxy) is 1. The Morgan fingerprint density at radius 3 is 2.84 bits per heavy atom. The molecule has 19 heavy (non-hydrogen) atoms. The van der Waals surface area contributed by atoms with Gasteiger partial charge in [0.05, 0.1) is 5.69 Å². The lowest BCUT2D eigenvalue weighted by Gasteiger charge is -2.17. The zero-order valence-corrected chi connectivity index (χ0v) is 12.4. The molecule has 1 aliphatic carbocycles. The molecule has 1 aromatic heterocycles. The molecule has 5 heteroatoms. The molecule has 0 spiro atoms. The van der Waals surface area contributed by atoms with Crippen LogP contribution in [0, 0.1) is 5.92 Å². The average Bonchev–Trinajstić information content (AvgIpc) is 3.13. The van der Waals surface area contributed by atoms with Crippen molar-refractivity contribution in [3.8, 4) is 0 Å². The first-order valence-corrected chi connectivity index (χ1v) is 8.31. The zero-order chi connectivity index (χ0) is 13.2. The fourth-order valence-corrected chi connectivity index (χ4v) is 3.55. The number of fused-ring (bicyclic) bond motifs is 1. The Balaban J connectivity index is 1.94. The van der Waals surface area contributed by atoms with Crippen LogP contribution in [0.15, 0.2) is 0 Å². The first kappa shape index (κ1) is 13.2. The Labute approximate surface area is 118 Å². The second kappa shape index (κ2) is 5.67. The molecule has 104 valence electrons. The van der Waals surface area contributed by atoms with E-state index in [1.54, 1.807) is 0 Å². The maximum Gasteiger partial charge on any atom is 0.160 e. The quantitative estimate of drug-likeness (QED) is 0.867. The number of aromatic nitrogens is 2. The van der Waals surface area contributed by atoms with E-state index in [-0.39, 0.29) is 6.10 Å². The number of hydrogen-bond acceptors (Lipinski definition) is 5. The molecule has 1 saturated carbocycles. The van der Waals surface area contributed by atoms with Crippen molar-refractivity contribution < 1.29 is 4.74 Å². The number of nitrogens with one attached hydrogen (secondary N) is 1. The van der Waals surface area contributed by atoms with Gasteiger partial charge in [-0.2, -0.15) is 11.8 Å². The van der Waals surface area contributed by atoms with Crippen LogP contribution in [0.1, 0.15) is 49.9 Å². The third-order valence-electron chi connectivity index (χ3n) is 3.59. The summed E-state index contributed by atoms with van der Waals surface area (Å²) in [6, 6.07) is 0. The minimum atomic E-state index is 0.0957. The average molecular weight is 279 g/mol. The standard InChI is InChI=1S/C14H21N3OS/c1-3-15-13-10-7-19-8-11(10)16-14(17-13)12(18-4-2)9-5-6-9/h9,12H,3-8H2,1-2H3,(H,15,16,17). The molecule has 0 aromatic carbocycles. The molecule has 1 fully saturated rings. The molecule has 2 aliphatic rings. The summed E-state index contributed by atoms with van der Waals surface area (Å²) in [5, 5.41) is 3.38. The van der Waals surface area contributed by atoms with Gasteiger partial charge in [0, 0.05) is 30.2 Å². The SMILES string of the molecule is CCNc1nc(C(OCC)C2CC2)nc2c1CSC2. The largest absolute Gasteiger partial charge is 0.370 e. The highest BCUT2D eigenvalue weighted by atomic mass is 32.2. The highest BCUT2D eigenvalue weighted by Gasteiger charge is 2.36. The van der Waals surface area contributed by atoms with Crippen molar-refractivity contribution in [2.45, 2.75) is 44.3 Å². The molecule has 3 rings (SSSR count). The molecule has 2 heterocycles. The normalized spacial score (nSPS) is 19.3. The lowest BCUT2D eigenvalue weighted by Crippen LogP contribution is -2.15. The van der Waals surface area contributed by atoms with E-state index < -0.39 is 0 Å². The minimum Gasteiger partial charge on any atom is -0.370 e. The predicted octanol–water partition coefficient (Wildman–Crippen LogP) is 3.14. The molecular formula is C14H21N3OS. The summed E-state index contributed by atoms with van der Waals surface area (Å²) >= 11 is 1.92. The molecule has 0 bridgehead atoms. The second-order valence-corrected chi connectivity index (χ2v) is 6.08. The molecule has 4 nitrogen and oxygen atoms in total. The molecule has 1 aromatic rings. The first-order chi connectivity index (χ1) is 9.33. The maximum absolute atomic E-state index is 5.89. The molecule has 1 aliphatic heterocycles. The lowest BCUT2D eigenvalue weighted by molar-refractivity contribution is 0.0400. The Bertz CT molecular complexity index is 462. The van der Waals surface area contributed by atoms with Crippen molar-refractivity contribution in [2.75, 3.05) is 18.5 Å². The Morgan fingerprint density at radius 2 is 2.16 bits per heavy atom. The number of rotatable bonds is 6. The summed E-state index contributed by atoms with van der Waals surface area (Å²) in [6.07, 6.45) is 2.59. The number of thioether (sulfide) groups is 1. The van der Waals surface area contributed by atoms with Gasteiger partial charge in [0.15, 0.2) is 5.82 Å². The fraction of sp³-hybridized carbons (Fsp3) is 0.714. The van der Waals surface area contributed by atoms with Gasteiger partial charge >= 0.3 is 0 Å². The lowest BCUT2D eigenvalue weighted by atomic mass is 10.2. The van der Waals surface area contributed by atoms with Gasteiger partial charge in [-0.05, 0) is 32.6 Å². The molecule has 1 N–H and O–H groups in total. The maximum atomic E-state index is 5.89. The Kier molecular flexibility index (Phi) is 3.93. The van der Waals surface area contributed by atoms with Crippen LogP contribution in [0.5, 0.6) is 0 Å². The van der Waals surface area contributed by atoms with Crippen molar-refractivity contribution in [1.82, 2.24) is 9.97 Å². The van der Waals surface area contributed by atoms with Gasteiger partial charge in [-0.1, -0.05) is 0 Å².